The van der Waals surface area contributed by atoms with Crippen molar-refractivity contribution in [1.29, 1.82) is 0 Å². The zero-order valence-electron chi connectivity index (χ0n) is 10.2. The van der Waals surface area contributed by atoms with E-state index in [1.54, 1.807) is 17.1 Å². The lowest BCUT2D eigenvalue weighted by Gasteiger charge is -2.19. The van der Waals surface area contributed by atoms with Gasteiger partial charge in [-0.3, -0.25) is 15.6 Å². The van der Waals surface area contributed by atoms with Gasteiger partial charge in [0.25, 0.3) is 0 Å². The number of hydrogen-bond donors (Lipinski definition) is 4. The minimum absolute atomic E-state index is 0.163. The molecule has 0 fully saturated rings. The molecule has 2 aromatic rings. The molecule has 98 valence electrons. The summed E-state index contributed by atoms with van der Waals surface area (Å²) in [6.45, 7) is 4.03. The molecule has 0 aliphatic rings. The van der Waals surface area contributed by atoms with Gasteiger partial charge in [0, 0.05) is 11.6 Å². The molecule has 0 aliphatic heterocycles. The van der Waals surface area contributed by atoms with Crippen molar-refractivity contribution >= 4 is 17.4 Å². The van der Waals surface area contributed by atoms with Gasteiger partial charge in [0.1, 0.15) is 5.82 Å². The molecule has 18 heavy (non-hydrogen) atoms. The van der Waals surface area contributed by atoms with E-state index in [2.05, 4.69) is 20.7 Å². The fraction of sp³-hybridized carbons (Fsp3) is 0.400. The van der Waals surface area contributed by atoms with Crippen molar-refractivity contribution in [2.75, 3.05) is 5.73 Å². The number of nitrogens with two attached hydrogens (primary N) is 2. The fourth-order valence-electron chi connectivity index (χ4n) is 1.88. The van der Waals surface area contributed by atoms with Crippen LogP contribution >= 0.6 is 11.6 Å². The molecule has 0 amide bonds. The van der Waals surface area contributed by atoms with Gasteiger partial charge < -0.3 is 5.73 Å². The summed E-state index contributed by atoms with van der Waals surface area (Å²) in [6.07, 6.45) is 3.21. The highest BCUT2D eigenvalue weighted by Gasteiger charge is 2.25. The van der Waals surface area contributed by atoms with Gasteiger partial charge in [-0.15, -0.1) is 0 Å². The van der Waals surface area contributed by atoms with Crippen LogP contribution in [0.3, 0.4) is 0 Å². The molecular formula is C10H16ClN7. The zero-order valence-corrected chi connectivity index (χ0v) is 10.9. The van der Waals surface area contributed by atoms with Gasteiger partial charge in [-0.2, -0.15) is 10.2 Å². The Bertz CT molecular complexity index is 530. The number of aromatic amines is 1. The molecular weight excluding hydrogens is 254 g/mol. The third-order valence-electron chi connectivity index (χ3n) is 2.73. The van der Waals surface area contributed by atoms with E-state index < -0.39 is 0 Å². The highest BCUT2D eigenvalue weighted by atomic mass is 35.5. The number of hydrazine groups is 1. The van der Waals surface area contributed by atoms with Crippen LogP contribution in [0.25, 0.3) is 0 Å². The Kier molecular flexibility index (Phi) is 3.55. The third-order valence-corrected chi connectivity index (χ3v) is 3.02. The largest absolute Gasteiger partial charge is 0.384 e. The Morgan fingerprint density at radius 2 is 2.17 bits per heavy atom. The number of nitrogens with one attached hydrogen (secondary N) is 2. The molecule has 0 saturated carbocycles. The molecule has 2 heterocycles. The van der Waals surface area contributed by atoms with E-state index in [1.165, 1.54) is 0 Å². The van der Waals surface area contributed by atoms with Gasteiger partial charge in [-0.25, -0.2) is 5.43 Å². The normalized spacial score (nSPS) is 13.2. The van der Waals surface area contributed by atoms with Gasteiger partial charge in [0.05, 0.1) is 29.2 Å². The standard InChI is InChI=1S/C10H16ClN7/c1-5(2)18-9(7(11)4-15-18)8(16-13)6-3-14-17-10(6)12/h3-5,8,16H,13H2,1-2H3,(H3,12,14,17). The summed E-state index contributed by atoms with van der Waals surface area (Å²) in [7, 11) is 0. The number of hydrogen-bond acceptors (Lipinski definition) is 5. The molecule has 1 unspecified atom stereocenters. The lowest BCUT2D eigenvalue weighted by Crippen LogP contribution is -2.31. The van der Waals surface area contributed by atoms with E-state index in [-0.39, 0.29) is 12.1 Å². The molecule has 2 aromatic heterocycles. The first-order valence-corrected chi connectivity index (χ1v) is 5.91. The van der Waals surface area contributed by atoms with Gasteiger partial charge in [0.15, 0.2) is 0 Å². The summed E-state index contributed by atoms with van der Waals surface area (Å²) >= 11 is 6.18. The number of halogens is 1. The Balaban J connectivity index is 2.52. The second-order valence-electron chi connectivity index (χ2n) is 4.25. The minimum atomic E-state index is -0.360. The second-order valence-corrected chi connectivity index (χ2v) is 4.66. The number of rotatable bonds is 4. The van der Waals surface area contributed by atoms with Crippen molar-refractivity contribution in [1.82, 2.24) is 25.4 Å². The van der Waals surface area contributed by atoms with E-state index in [4.69, 9.17) is 23.2 Å². The molecule has 0 saturated heterocycles. The Morgan fingerprint density at radius 3 is 2.67 bits per heavy atom. The average Bonchev–Trinajstić information content (AvgIpc) is 2.89. The third kappa shape index (κ3) is 2.07. The van der Waals surface area contributed by atoms with Crippen LogP contribution in [0.5, 0.6) is 0 Å². The lowest BCUT2D eigenvalue weighted by atomic mass is 10.1. The Hall–Kier alpha value is -1.57. The maximum atomic E-state index is 6.18. The summed E-state index contributed by atoms with van der Waals surface area (Å²) in [6, 6.07) is -0.197. The second kappa shape index (κ2) is 4.97. The number of nitrogens with zero attached hydrogens (tertiary/aromatic N) is 3. The maximum Gasteiger partial charge on any atom is 0.124 e. The Labute approximate surface area is 109 Å². The zero-order chi connectivity index (χ0) is 13.3. The van der Waals surface area contributed by atoms with Crippen molar-refractivity contribution in [3.63, 3.8) is 0 Å². The highest BCUT2D eigenvalue weighted by molar-refractivity contribution is 6.31. The molecule has 6 N–H and O–H groups in total. The van der Waals surface area contributed by atoms with Gasteiger partial charge >= 0.3 is 0 Å². The molecule has 0 bridgehead atoms. The van der Waals surface area contributed by atoms with Crippen LogP contribution in [0.15, 0.2) is 12.4 Å². The van der Waals surface area contributed by atoms with E-state index in [0.29, 0.717) is 10.8 Å². The summed E-state index contributed by atoms with van der Waals surface area (Å²) in [5.41, 5.74) is 10.0. The van der Waals surface area contributed by atoms with Crippen molar-refractivity contribution in [3.05, 3.63) is 28.7 Å². The number of aromatic nitrogens is 4. The molecule has 1 atom stereocenters. The predicted molar refractivity (Wildman–Crippen MR) is 69.8 cm³/mol. The summed E-state index contributed by atoms with van der Waals surface area (Å²) < 4.78 is 1.80. The van der Waals surface area contributed by atoms with Crippen LogP contribution in [-0.2, 0) is 0 Å². The molecule has 0 aromatic carbocycles. The lowest BCUT2D eigenvalue weighted by molar-refractivity contribution is 0.477. The monoisotopic (exact) mass is 269 g/mol. The summed E-state index contributed by atoms with van der Waals surface area (Å²) in [5.74, 6) is 6.06. The molecule has 0 radical (unpaired) electrons. The van der Waals surface area contributed by atoms with Crippen molar-refractivity contribution in [2.45, 2.75) is 25.9 Å². The van der Waals surface area contributed by atoms with E-state index in [9.17, 15) is 0 Å². The first-order valence-electron chi connectivity index (χ1n) is 5.54. The van der Waals surface area contributed by atoms with E-state index in [0.717, 1.165) is 11.3 Å². The van der Waals surface area contributed by atoms with Gasteiger partial charge in [-0.05, 0) is 13.8 Å². The summed E-state index contributed by atoms with van der Waals surface area (Å²) in [4.78, 5) is 0. The van der Waals surface area contributed by atoms with Crippen molar-refractivity contribution < 1.29 is 0 Å². The molecule has 8 heteroatoms. The molecule has 2 rings (SSSR count). The average molecular weight is 270 g/mol. The van der Waals surface area contributed by atoms with E-state index in [1.807, 2.05) is 13.8 Å². The topological polar surface area (TPSA) is 111 Å². The minimum Gasteiger partial charge on any atom is -0.384 e. The van der Waals surface area contributed by atoms with Crippen molar-refractivity contribution in [3.8, 4) is 0 Å². The number of H-pyrrole nitrogens is 1. The maximum absolute atomic E-state index is 6.18. The SMILES string of the molecule is CC(C)n1ncc(Cl)c1C(NN)c1cn[nH]c1N. The predicted octanol–water partition coefficient (Wildman–Crippen LogP) is 0.975. The number of anilines is 1. The molecule has 7 nitrogen and oxygen atoms in total. The van der Waals surface area contributed by atoms with Crippen LogP contribution in [0, 0.1) is 0 Å². The molecule has 0 aliphatic carbocycles. The van der Waals surface area contributed by atoms with Crippen LogP contribution < -0.4 is 17.0 Å². The van der Waals surface area contributed by atoms with Gasteiger partial charge in [-0.1, -0.05) is 11.6 Å². The van der Waals surface area contributed by atoms with Crippen LogP contribution in [0.2, 0.25) is 5.02 Å². The fourth-order valence-corrected chi connectivity index (χ4v) is 2.12. The quantitative estimate of drug-likeness (QED) is 0.488. The van der Waals surface area contributed by atoms with Crippen LogP contribution in [-0.4, -0.2) is 20.0 Å². The Morgan fingerprint density at radius 1 is 1.44 bits per heavy atom. The van der Waals surface area contributed by atoms with Crippen LogP contribution in [0.4, 0.5) is 5.82 Å². The first-order chi connectivity index (χ1) is 8.56. The highest BCUT2D eigenvalue weighted by Crippen LogP contribution is 2.31. The van der Waals surface area contributed by atoms with Gasteiger partial charge in [0.2, 0.25) is 0 Å². The number of nitrogen functional groups attached to an aromatic ring is 1. The smallest absolute Gasteiger partial charge is 0.124 e. The van der Waals surface area contributed by atoms with Crippen LogP contribution in [0.1, 0.15) is 37.2 Å². The summed E-state index contributed by atoms with van der Waals surface area (Å²) in [5, 5.41) is 11.3. The van der Waals surface area contributed by atoms with E-state index >= 15 is 0 Å². The first kappa shape index (κ1) is 12.9. The van der Waals surface area contributed by atoms with Crippen molar-refractivity contribution in [2.24, 2.45) is 5.84 Å². The molecule has 0 spiro atoms.